The van der Waals surface area contributed by atoms with Crippen LogP contribution >= 0.6 is 11.3 Å². The van der Waals surface area contributed by atoms with E-state index in [2.05, 4.69) is 25.5 Å². The van der Waals surface area contributed by atoms with Gasteiger partial charge in [-0.3, -0.25) is 15.1 Å². The van der Waals surface area contributed by atoms with Crippen LogP contribution in [-0.4, -0.2) is 26.1 Å². The van der Waals surface area contributed by atoms with Crippen LogP contribution in [0.4, 0.5) is 5.13 Å². The second-order valence-electron chi connectivity index (χ2n) is 6.20. The van der Waals surface area contributed by atoms with Crippen LogP contribution in [0.2, 0.25) is 0 Å². The first kappa shape index (κ1) is 16.5. The van der Waals surface area contributed by atoms with Crippen LogP contribution in [0.3, 0.4) is 0 Å². The lowest BCUT2D eigenvalue weighted by molar-refractivity contribution is 0.102. The quantitative estimate of drug-likeness (QED) is 0.494. The van der Waals surface area contributed by atoms with Gasteiger partial charge in [-0.2, -0.15) is 0 Å². The number of carbonyl (C=O) groups is 1. The maximum atomic E-state index is 12.7. The van der Waals surface area contributed by atoms with Crippen LogP contribution < -0.4 is 5.32 Å². The zero-order valence-electron chi connectivity index (χ0n) is 14.5. The minimum Gasteiger partial charge on any atom is -0.296 e. The molecule has 7 heteroatoms. The van der Waals surface area contributed by atoms with E-state index in [9.17, 15) is 4.79 Å². The lowest BCUT2D eigenvalue weighted by atomic mass is 10.2. The molecular weight excluding hydrogens is 370 g/mol. The molecule has 134 valence electrons. The summed E-state index contributed by atoms with van der Waals surface area (Å²) in [6.45, 7) is 0. The third kappa shape index (κ3) is 3.08. The highest BCUT2D eigenvalue weighted by Gasteiger charge is 2.14. The molecule has 0 radical (unpaired) electrons. The smallest absolute Gasteiger partial charge is 0.257 e. The van der Waals surface area contributed by atoms with E-state index in [1.54, 1.807) is 18.5 Å². The van der Waals surface area contributed by atoms with E-state index in [1.165, 1.54) is 11.3 Å². The number of amides is 1. The molecule has 5 aromatic rings. The van der Waals surface area contributed by atoms with Gasteiger partial charge in [0.1, 0.15) is 5.01 Å². The van der Waals surface area contributed by atoms with E-state index < -0.39 is 0 Å². The maximum Gasteiger partial charge on any atom is 0.257 e. The molecule has 0 saturated carbocycles. The monoisotopic (exact) mass is 383 g/mol. The molecule has 2 aromatic carbocycles. The molecular formula is C21H13N5OS. The SMILES string of the molecule is O=C(Nc1nnc(-c2ccccc2)s1)c1cc2cc3cncccc3nc2c1. The van der Waals surface area contributed by atoms with Gasteiger partial charge < -0.3 is 0 Å². The molecule has 0 fully saturated rings. The highest BCUT2D eigenvalue weighted by Crippen LogP contribution is 2.27. The average Bonchev–Trinajstić information content (AvgIpc) is 3.28. The van der Waals surface area contributed by atoms with Crippen molar-refractivity contribution >= 4 is 44.2 Å². The van der Waals surface area contributed by atoms with Crippen molar-refractivity contribution in [2.45, 2.75) is 0 Å². The summed E-state index contributed by atoms with van der Waals surface area (Å²) < 4.78 is 0. The van der Waals surface area contributed by atoms with Gasteiger partial charge in [0.05, 0.1) is 11.0 Å². The second kappa shape index (κ2) is 6.79. The number of carbonyl (C=O) groups excluding carboxylic acids is 1. The molecule has 0 bridgehead atoms. The lowest BCUT2D eigenvalue weighted by Crippen LogP contribution is -2.10. The Hall–Kier alpha value is -3.71. The minimum absolute atomic E-state index is 0.235. The standard InChI is InChI=1S/C21H13N5OS/c27-19(24-21-26-25-20(28-21)13-5-2-1-3-6-13)15-9-14-10-16-12-22-8-4-7-17(16)23-18(14)11-15/h1-12H,(H,24,26,27). The number of rotatable bonds is 3. The molecule has 3 heterocycles. The summed E-state index contributed by atoms with van der Waals surface area (Å²) in [5, 5.41) is 14.1. The summed E-state index contributed by atoms with van der Waals surface area (Å²) in [7, 11) is 0. The summed E-state index contributed by atoms with van der Waals surface area (Å²) in [6.07, 6.45) is 3.48. The van der Waals surface area contributed by atoms with E-state index in [4.69, 9.17) is 0 Å². The number of aromatic nitrogens is 4. The third-order valence-electron chi connectivity index (χ3n) is 4.31. The van der Waals surface area contributed by atoms with Crippen molar-refractivity contribution in [3.05, 3.63) is 78.6 Å². The van der Waals surface area contributed by atoms with E-state index >= 15 is 0 Å². The van der Waals surface area contributed by atoms with Crippen molar-refractivity contribution < 1.29 is 4.79 Å². The fourth-order valence-corrected chi connectivity index (χ4v) is 3.72. The average molecular weight is 383 g/mol. The van der Waals surface area contributed by atoms with Gasteiger partial charge in [0, 0.05) is 34.3 Å². The molecule has 6 nitrogen and oxygen atoms in total. The second-order valence-corrected chi connectivity index (χ2v) is 7.18. The van der Waals surface area contributed by atoms with E-state index in [1.807, 2.05) is 54.6 Å². The van der Waals surface area contributed by atoms with E-state index in [-0.39, 0.29) is 5.91 Å². The molecule has 3 aromatic heterocycles. The normalized spacial score (nSPS) is 11.0. The molecule has 0 unspecified atom stereocenters. The minimum atomic E-state index is -0.235. The van der Waals surface area contributed by atoms with Crippen molar-refractivity contribution in [1.29, 1.82) is 0 Å². The summed E-state index contributed by atoms with van der Waals surface area (Å²) in [6, 6.07) is 19.1. The van der Waals surface area contributed by atoms with Crippen LogP contribution in [0.1, 0.15) is 10.4 Å². The molecule has 1 amide bonds. The summed E-state index contributed by atoms with van der Waals surface area (Å²) in [5.41, 5.74) is 3.11. The predicted octanol–water partition coefficient (Wildman–Crippen LogP) is 4.55. The van der Waals surface area contributed by atoms with Gasteiger partial charge in [0.2, 0.25) is 5.13 Å². The maximum absolute atomic E-state index is 12.7. The number of nitrogens with one attached hydrogen (secondary N) is 1. The zero-order valence-corrected chi connectivity index (χ0v) is 15.4. The molecule has 0 saturated heterocycles. The Morgan fingerprint density at radius 2 is 1.79 bits per heavy atom. The Kier molecular flexibility index (Phi) is 3.99. The fourth-order valence-electron chi connectivity index (χ4n) is 2.98. The Balaban J connectivity index is 1.43. The third-order valence-corrected chi connectivity index (χ3v) is 5.20. The van der Waals surface area contributed by atoms with E-state index in [0.29, 0.717) is 10.7 Å². The molecule has 0 aliphatic heterocycles. The van der Waals surface area contributed by atoms with Crippen molar-refractivity contribution in [2.24, 2.45) is 0 Å². The first-order valence-electron chi connectivity index (χ1n) is 8.61. The van der Waals surface area contributed by atoms with Crippen molar-refractivity contribution in [2.75, 3.05) is 5.32 Å². The molecule has 0 atom stereocenters. The Morgan fingerprint density at radius 1 is 0.893 bits per heavy atom. The van der Waals surface area contributed by atoms with Crippen LogP contribution in [-0.2, 0) is 0 Å². The van der Waals surface area contributed by atoms with Gasteiger partial charge in [-0.05, 0) is 30.3 Å². The van der Waals surface area contributed by atoms with Crippen LogP contribution in [0.15, 0.2) is 73.1 Å². The largest absolute Gasteiger partial charge is 0.296 e. The number of benzene rings is 1. The molecule has 28 heavy (non-hydrogen) atoms. The van der Waals surface area contributed by atoms with E-state index in [0.717, 1.165) is 32.4 Å². The number of hydrogen-bond donors (Lipinski definition) is 1. The highest BCUT2D eigenvalue weighted by molar-refractivity contribution is 7.18. The molecule has 0 spiro atoms. The summed E-state index contributed by atoms with van der Waals surface area (Å²) in [5.74, 6) is -0.235. The van der Waals surface area contributed by atoms with Crippen LogP contribution in [0.25, 0.3) is 32.4 Å². The zero-order chi connectivity index (χ0) is 18.9. The van der Waals surface area contributed by atoms with Crippen molar-refractivity contribution in [3.63, 3.8) is 0 Å². The predicted molar refractivity (Wildman–Crippen MR) is 110 cm³/mol. The number of fused-ring (bicyclic) bond motifs is 2. The molecule has 0 aliphatic carbocycles. The Labute approximate surface area is 163 Å². The lowest BCUT2D eigenvalue weighted by Gasteiger charge is -1.97. The van der Waals surface area contributed by atoms with Gasteiger partial charge in [-0.15, -0.1) is 10.2 Å². The number of pyridine rings is 1. The van der Waals surface area contributed by atoms with Gasteiger partial charge in [-0.1, -0.05) is 41.7 Å². The van der Waals surface area contributed by atoms with Crippen molar-refractivity contribution in [3.8, 4) is 10.6 Å². The fraction of sp³-hybridized carbons (Fsp3) is 0. The molecule has 0 aliphatic rings. The Bertz CT molecular complexity index is 1260. The number of hydrogen-bond acceptors (Lipinski definition) is 6. The number of anilines is 1. The molecule has 1 N–H and O–H groups in total. The molecule has 5 rings (SSSR count). The number of nitrogens with zero attached hydrogens (tertiary/aromatic N) is 4. The topological polar surface area (TPSA) is 80.7 Å². The summed E-state index contributed by atoms with van der Waals surface area (Å²) in [4.78, 5) is 21.5. The highest BCUT2D eigenvalue weighted by atomic mass is 32.1. The van der Waals surface area contributed by atoms with Gasteiger partial charge in [0.15, 0.2) is 0 Å². The Morgan fingerprint density at radius 3 is 2.68 bits per heavy atom. The van der Waals surface area contributed by atoms with Crippen LogP contribution in [0.5, 0.6) is 0 Å². The first-order chi connectivity index (χ1) is 13.8. The van der Waals surface area contributed by atoms with Gasteiger partial charge >= 0.3 is 0 Å². The first-order valence-corrected chi connectivity index (χ1v) is 9.43. The van der Waals surface area contributed by atoms with Gasteiger partial charge in [0.25, 0.3) is 5.91 Å². The summed E-state index contributed by atoms with van der Waals surface area (Å²) >= 11 is 1.34. The van der Waals surface area contributed by atoms with Gasteiger partial charge in [-0.25, -0.2) is 4.98 Å². The van der Waals surface area contributed by atoms with Crippen LogP contribution in [0, 0.1) is 0 Å². The van der Waals surface area contributed by atoms with Crippen molar-refractivity contribution in [1.82, 2.24) is 20.2 Å².